The van der Waals surface area contributed by atoms with Crippen LogP contribution in [0.4, 0.5) is 24.5 Å². The van der Waals surface area contributed by atoms with Gasteiger partial charge in [-0.05, 0) is 55.5 Å². The van der Waals surface area contributed by atoms with Gasteiger partial charge in [-0.25, -0.2) is 0 Å². The molecule has 2 atom stereocenters. The highest BCUT2D eigenvalue weighted by molar-refractivity contribution is 5.77. The van der Waals surface area contributed by atoms with Gasteiger partial charge in [0.15, 0.2) is 0 Å². The number of rotatable bonds is 5. The van der Waals surface area contributed by atoms with Crippen molar-refractivity contribution in [3.63, 3.8) is 0 Å². The standard InChI is InChI=1S/C18H18F3N5O/c1-11(12(2)27)26-24-17(23-25-26)15-5-3-4-6-16(15)22-14-9-7-13(8-10-14)18(19,20)21/h3-12,22,27H,1-2H3/t11?,12-/m1/s1. The van der Waals surface area contributed by atoms with Crippen molar-refractivity contribution in [2.45, 2.75) is 32.2 Å². The van der Waals surface area contributed by atoms with Crippen LogP contribution in [0.1, 0.15) is 25.5 Å². The summed E-state index contributed by atoms with van der Waals surface area (Å²) in [6.45, 7) is 3.40. The summed E-state index contributed by atoms with van der Waals surface area (Å²) >= 11 is 0. The molecule has 1 heterocycles. The van der Waals surface area contributed by atoms with Crippen molar-refractivity contribution in [1.29, 1.82) is 0 Å². The lowest BCUT2D eigenvalue weighted by Crippen LogP contribution is -2.20. The smallest absolute Gasteiger partial charge is 0.391 e. The fourth-order valence-electron chi connectivity index (χ4n) is 2.38. The van der Waals surface area contributed by atoms with Crippen molar-refractivity contribution in [3.05, 3.63) is 54.1 Å². The first-order valence-electron chi connectivity index (χ1n) is 8.27. The van der Waals surface area contributed by atoms with Crippen molar-refractivity contribution >= 4 is 11.4 Å². The van der Waals surface area contributed by atoms with Crippen LogP contribution < -0.4 is 5.32 Å². The van der Waals surface area contributed by atoms with E-state index >= 15 is 0 Å². The van der Waals surface area contributed by atoms with Crippen LogP contribution >= 0.6 is 0 Å². The Bertz CT molecular complexity index is 906. The van der Waals surface area contributed by atoms with Gasteiger partial charge in [0, 0.05) is 16.9 Å². The highest BCUT2D eigenvalue weighted by atomic mass is 19.4. The number of aliphatic hydroxyl groups is 1. The third kappa shape index (κ3) is 4.25. The fraction of sp³-hybridized carbons (Fsp3) is 0.278. The molecule has 0 aliphatic heterocycles. The second kappa shape index (κ2) is 7.36. The lowest BCUT2D eigenvalue weighted by atomic mass is 10.1. The van der Waals surface area contributed by atoms with Gasteiger partial charge >= 0.3 is 6.18 Å². The molecule has 0 radical (unpaired) electrons. The molecule has 0 aliphatic rings. The number of aliphatic hydroxyl groups excluding tert-OH is 1. The number of halogens is 3. The first kappa shape index (κ1) is 18.8. The highest BCUT2D eigenvalue weighted by Gasteiger charge is 2.30. The van der Waals surface area contributed by atoms with E-state index in [-0.39, 0.29) is 6.04 Å². The van der Waals surface area contributed by atoms with Gasteiger partial charge in [0.1, 0.15) is 0 Å². The minimum Gasteiger partial charge on any atom is -0.391 e. The van der Waals surface area contributed by atoms with Crippen molar-refractivity contribution in [2.24, 2.45) is 0 Å². The molecule has 6 nitrogen and oxygen atoms in total. The van der Waals surface area contributed by atoms with E-state index in [1.165, 1.54) is 16.9 Å². The van der Waals surface area contributed by atoms with Crippen LogP contribution in [0.2, 0.25) is 0 Å². The Hall–Kier alpha value is -2.94. The Morgan fingerprint density at radius 2 is 1.70 bits per heavy atom. The molecule has 3 aromatic rings. The van der Waals surface area contributed by atoms with Crippen molar-refractivity contribution in [3.8, 4) is 11.4 Å². The third-order valence-corrected chi connectivity index (χ3v) is 4.15. The first-order valence-corrected chi connectivity index (χ1v) is 8.27. The van der Waals surface area contributed by atoms with Crippen LogP contribution in [-0.2, 0) is 6.18 Å². The molecule has 0 saturated carbocycles. The molecule has 142 valence electrons. The summed E-state index contributed by atoms with van der Waals surface area (Å²) in [5.41, 5.74) is 1.06. The predicted octanol–water partition coefficient (Wildman–Crippen LogP) is 4.04. The highest BCUT2D eigenvalue weighted by Crippen LogP contribution is 2.32. The maximum absolute atomic E-state index is 12.7. The Morgan fingerprint density at radius 1 is 1.04 bits per heavy atom. The second-order valence-electron chi connectivity index (χ2n) is 6.16. The van der Waals surface area contributed by atoms with Gasteiger partial charge in [-0.3, -0.25) is 0 Å². The Kier molecular flexibility index (Phi) is 5.13. The van der Waals surface area contributed by atoms with Gasteiger partial charge in [0.25, 0.3) is 0 Å². The van der Waals surface area contributed by atoms with Gasteiger partial charge in [0.05, 0.1) is 17.7 Å². The fourth-order valence-corrected chi connectivity index (χ4v) is 2.38. The van der Waals surface area contributed by atoms with Crippen LogP contribution in [0.25, 0.3) is 11.4 Å². The predicted molar refractivity (Wildman–Crippen MR) is 94.4 cm³/mol. The summed E-state index contributed by atoms with van der Waals surface area (Å²) in [4.78, 5) is 1.33. The summed E-state index contributed by atoms with van der Waals surface area (Å²) in [5.74, 6) is 0.345. The summed E-state index contributed by atoms with van der Waals surface area (Å²) in [6.07, 6.45) is -5.02. The summed E-state index contributed by atoms with van der Waals surface area (Å²) < 4.78 is 38.1. The topological polar surface area (TPSA) is 75.9 Å². The van der Waals surface area contributed by atoms with Crippen LogP contribution in [-0.4, -0.2) is 31.4 Å². The molecule has 3 rings (SSSR count). The van der Waals surface area contributed by atoms with Crippen molar-refractivity contribution < 1.29 is 18.3 Å². The monoisotopic (exact) mass is 377 g/mol. The third-order valence-electron chi connectivity index (χ3n) is 4.15. The molecule has 2 N–H and O–H groups in total. The van der Waals surface area contributed by atoms with Crippen LogP contribution in [0.5, 0.6) is 0 Å². The zero-order valence-corrected chi connectivity index (χ0v) is 14.6. The van der Waals surface area contributed by atoms with Gasteiger partial charge in [-0.2, -0.15) is 18.0 Å². The number of alkyl halides is 3. The number of hydrogen-bond donors (Lipinski definition) is 2. The Balaban J connectivity index is 1.87. The lowest BCUT2D eigenvalue weighted by Gasteiger charge is -2.12. The molecule has 0 bridgehead atoms. The van der Waals surface area contributed by atoms with Crippen LogP contribution in [0.3, 0.4) is 0 Å². The lowest BCUT2D eigenvalue weighted by molar-refractivity contribution is -0.137. The number of benzene rings is 2. The van der Waals surface area contributed by atoms with Gasteiger partial charge in [-0.1, -0.05) is 12.1 Å². The van der Waals surface area contributed by atoms with Gasteiger partial charge < -0.3 is 10.4 Å². The molecular formula is C18H18F3N5O. The molecule has 0 spiro atoms. The average Bonchev–Trinajstić information content (AvgIpc) is 3.11. The van der Waals surface area contributed by atoms with E-state index in [1.807, 2.05) is 0 Å². The number of nitrogens with zero attached hydrogens (tertiary/aromatic N) is 4. The first-order chi connectivity index (χ1) is 12.8. The average molecular weight is 377 g/mol. The summed E-state index contributed by atoms with van der Waals surface area (Å²) in [7, 11) is 0. The van der Waals surface area contributed by atoms with Crippen LogP contribution in [0, 0.1) is 0 Å². The molecule has 2 aromatic carbocycles. The summed E-state index contributed by atoms with van der Waals surface area (Å²) in [6, 6.07) is 11.5. The van der Waals surface area contributed by atoms with Gasteiger partial charge in [-0.15, -0.1) is 10.2 Å². The molecule has 9 heteroatoms. The molecule has 1 aromatic heterocycles. The molecule has 0 aliphatic carbocycles. The van der Waals surface area contributed by atoms with E-state index < -0.39 is 17.8 Å². The quantitative estimate of drug-likeness (QED) is 0.702. The molecule has 0 fully saturated rings. The van der Waals surface area contributed by atoms with E-state index in [2.05, 4.69) is 20.7 Å². The maximum atomic E-state index is 12.7. The summed E-state index contributed by atoms with van der Waals surface area (Å²) in [5, 5.41) is 25.0. The number of hydrogen-bond acceptors (Lipinski definition) is 5. The molecule has 27 heavy (non-hydrogen) atoms. The van der Waals surface area contributed by atoms with E-state index in [9.17, 15) is 18.3 Å². The Morgan fingerprint density at radius 3 is 2.33 bits per heavy atom. The second-order valence-corrected chi connectivity index (χ2v) is 6.16. The maximum Gasteiger partial charge on any atom is 0.416 e. The zero-order valence-electron chi connectivity index (χ0n) is 14.6. The van der Waals surface area contributed by atoms with E-state index in [0.717, 1.165) is 12.1 Å². The zero-order chi connectivity index (χ0) is 19.6. The number of tetrazole rings is 1. The SMILES string of the molecule is CC([C@@H](C)O)n1nnc(-c2ccccc2Nc2ccc(C(F)(F)F)cc2)n1. The molecule has 0 amide bonds. The minimum atomic E-state index is -4.38. The number of para-hydroxylation sites is 1. The molecule has 0 saturated heterocycles. The molecular weight excluding hydrogens is 359 g/mol. The number of aromatic nitrogens is 4. The Labute approximate surface area is 153 Å². The van der Waals surface area contributed by atoms with E-state index in [4.69, 9.17) is 0 Å². The van der Waals surface area contributed by atoms with E-state index in [0.29, 0.717) is 22.8 Å². The van der Waals surface area contributed by atoms with Crippen molar-refractivity contribution in [1.82, 2.24) is 20.2 Å². The van der Waals surface area contributed by atoms with Crippen molar-refractivity contribution in [2.75, 3.05) is 5.32 Å². The number of anilines is 2. The number of nitrogens with one attached hydrogen (secondary N) is 1. The van der Waals surface area contributed by atoms with Gasteiger partial charge in [0.2, 0.25) is 5.82 Å². The minimum absolute atomic E-state index is 0.345. The molecule has 1 unspecified atom stereocenters. The normalized spacial score (nSPS) is 14.0. The van der Waals surface area contributed by atoms with E-state index in [1.54, 1.807) is 38.1 Å². The van der Waals surface area contributed by atoms with Crippen LogP contribution in [0.15, 0.2) is 48.5 Å². The largest absolute Gasteiger partial charge is 0.416 e.